The average Bonchev–Trinajstić information content (AvgIpc) is 2.76. The van der Waals surface area contributed by atoms with E-state index in [1.54, 1.807) is 23.2 Å². The van der Waals surface area contributed by atoms with Crippen molar-refractivity contribution in [3.8, 4) is 5.69 Å². The minimum absolute atomic E-state index is 0.0472. The summed E-state index contributed by atoms with van der Waals surface area (Å²) in [4.78, 5) is 28.6. The molecule has 0 aliphatic carbocycles. The Bertz CT molecular complexity index is 1060. The number of sulfone groups is 1. The Labute approximate surface area is 187 Å². The Morgan fingerprint density at radius 1 is 1.10 bits per heavy atom. The summed E-state index contributed by atoms with van der Waals surface area (Å²) in [5.41, 5.74) is 0.719. The second kappa shape index (κ2) is 10.3. The minimum Gasteiger partial charge on any atom is -0.365 e. The first-order valence-electron chi connectivity index (χ1n) is 10.4. The predicted molar refractivity (Wildman–Crippen MR) is 122 cm³/mol. The maximum Gasteiger partial charge on any atom is 0.292 e. The van der Waals surface area contributed by atoms with Gasteiger partial charge in [-0.1, -0.05) is 49.6 Å². The molecule has 0 spiro atoms. The highest BCUT2D eigenvalue weighted by atomic mass is 35.5. The summed E-state index contributed by atoms with van der Waals surface area (Å²) < 4.78 is 25.6. The van der Waals surface area contributed by atoms with Gasteiger partial charge in [-0.25, -0.2) is 8.42 Å². The molecule has 1 aromatic carbocycles. The van der Waals surface area contributed by atoms with Crippen molar-refractivity contribution in [1.29, 1.82) is 0 Å². The zero-order valence-corrected chi connectivity index (χ0v) is 19.1. The zero-order valence-electron chi connectivity index (χ0n) is 17.5. The lowest BCUT2D eigenvalue weighted by Crippen LogP contribution is -2.50. The van der Waals surface area contributed by atoms with E-state index in [0.717, 1.165) is 12.8 Å². The van der Waals surface area contributed by atoms with Crippen LogP contribution in [0.4, 0.5) is 5.69 Å². The van der Waals surface area contributed by atoms with E-state index < -0.39 is 21.1 Å². The van der Waals surface area contributed by atoms with Gasteiger partial charge in [-0.05, 0) is 18.6 Å². The van der Waals surface area contributed by atoms with Gasteiger partial charge in [0, 0.05) is 26.2 Å². The normalized spacial score (nSPS) is 14.6. The van der Waals surface area contributed by atoms with Crippen molar-refractivity contribution in [1.82, 2.24) is 14.7 Å². The van der Waals surface area contributed by atoms with Gasteiger partial charge in [0.05, 0.1) is 23.3 Å². The summed E-state index contributed by atoms with van der Waals surface area (Å²) in [7, 11) is -3.39. The summed E-state index contributed by atoms with van der Waals surface area (Å²) in [6.45, 7) is 3.61. The Balaban J connectivity index is 1.63. The van der Waals surface area contributed by atoms with Crippen LogP contribution in [0.3, 0.4) is 0 Å². The van der Waals surface area contributed by atoms with Crippen molar-refractivity contribution in [2.45, 2.75) is 26.2 Å². The monoisotopic (exact) mass is 466 g/mol. The van der Waals surface area contributed by atoms with Gasteiger partial charge >= 0.3 is 0 Å². The van der Waals surface area contributed by atoms with Crippen molar-refractivity contribution in [3.05, 3.63) is 51.9 Å². The Kier molecular flexibility index (Phi) is 7.72. The molecule has 31 heavy (non-hydrogen) atoms. The van der Waals surface area contributed by atoms with E-state index in [2.05, 4.69) is 5.10 Å². The standard InChI is InChI=1S/C21H27ClN4O4S/c1-2-3-7-14-31(29,30)16-19(27)25-12-10-24(11-13-25)18-15-23-26(21(28)20(18)22)17-8-5-4-6-9-17/h4-6,8-9,15H,2-3,7,10-14,16H2,1H3. The number of hydrogen-bond donors (Lipinski definition) is 0. The molecule has 0 N–H and O–H groups in total. The summed E-state index contributed by atoms with van der Waals surface area (Å²) in [5, 5.41) is 4.31. The van der Waals surface area contributed by atoms with Crippen molar-refractivity contribution in [2.24, 2.45) is 0 Å². The second-order valence-corrected chi connectivity index (χ2v) is 10.1. The van der Waals surface area contributed by atoms with Crippen LogP contribution in [0.15, 0.2) is 41.3 Å². The van der Waals surface area contributed by atoms with Crippen LogP contribution < -0.4 is 10.5 Å². The molecule has 0 unspecified atom stereocenters. The van der Waals surface area contributed by atoms with Crippen molar-refractivity contribution >= 4 is 33.0 Å². The zero-order chi connectivity index (χ0) is 22.4. The molecule has 0 saturated carbocycles. The molecule has 1 aliphatic rings. The van der Waals surface area contributed by atoms with Gasteiger partial charge in [0.15, 0.2) is 9.84 Å². The largest absolute Gasteiger partial charge is 0.365 e. The number of carbonyl (C=O) groups is 1. The molecule has 0 bridgehead atoms. The van der Waals surface area contributed by atoms with Crippen LogP contribution >= 0.6 is 11.6 Å². The molecule has 0 atom stereocenters. The SMILES string of the molecule is CCCCCS(=O)(=O)CC(=O)N1CCN(c2cnn(-c3ccccc3)c(=O)c2Cl)CC1. The van der Waals surface area contributed by atoms with E-state index in [-0.39, 0.29) is 16.7 Å². The van der Waals surface area contributed by atoms with Crippen molar-refractivity contribution in [2.75, 3.05) is 42.6 Å². The summed E-state index contributed by atoms with van der Waals surface area (Å²) in [5.74, 6) is -0.780. The van der Waals surface area contributed by atoms with E-state index >= 15 is 0 Å². The quantitative estimate of drug-likeness (QED) is 0.553. The number of piperazine rings is 1. The molecule has 1 fully saturated rings. The molecule has 2 heterocycles. The highest BCUT2D eigenvalue weighted by Gasteiger charge is 2.27. The summed E-state index contributed by atoms with van der Waals surface area (Å²) >= 11 is 6.35. The smallest absolute Gasteiger partial charge is 0.292 e. The number of carbonyl (C=O) groups excluding carboxylic acids is 1. The highest BCUT2D eigenvalue weighted by molar-refractivity contribution is 7.92. The van der Waals surface area contributed by atoms with Gasteiger partial charge in [0.1, 0.15) is 10.8 Å². The first kappa shape index (κ1) is 23.3. The van der Waals surface area contributed by atoms with Gasteiger partial charge < -0.3 is 9.80 Å². The van der Waals surface area contributed by atoms with E-state index in [0.29, 0.717) is 44.0 Å². The van der Waals surface area contributed by atoms with Gasteiger partial charge in [-0.15, -0.1) is 0 Å². The van der Waals surface area contributed by atoms with Gasteiger partial charge in [0.25, 0.3) is 5.56 Å². The fourth-order valence-electron chi connectivity index (χ4n) is 3.52. The number of halogens is 1. The fraction of sp³-hybridized carbons (Fsp3) is 0.476. The third kappa shape index (κ3) is 5.86. The lowest BCUT2D eigenvalue weighted by atomic mass is 10.2. The maximum absolute atomic E-state index is 12.7. The van der Waals surface area contributed by atoms with Gasteiger partial charge in [0.2, 0.25) is 5.91 Å². The Morgan fingerprint density at radius 3 is 2.42 bits per heavy atom. The van der Waals surface area contributed by atoms with Crippen molar-refractivity contribution < 1.29 is 13.2 Å². The van der Waals surface area contributed by atoms with Crippen molar-refractivity contribution in [3.63, 3.8) is 0 Å². The van der Waals surface area contributed by atoms with Crippen LogP contribution in [0.25, 0.3) is 5.69 Å². The molecular weight excluding hydrogens is 440 g/mol. The molecule has 1 amide bonds. The van der Waals surface area contributed by atoms with E-state index in [1.807, 2.05) is 30.0 Å². The number of benzene rings is 1. The highest BCUT2D eigenvalue weighted by Crippen LogP contribution is 2.23. The number of hydrogen-bond acceptors (Lipinski definition) is 6. The van der Waals surface area contributed by atoms with Gasteiger partial charge in [-0.3, -0.25) is 9.59 Å². The Hall–Kier alpha value is -2.39. The van der Waals surface area contributed by atoms with Crippen LogP contribution in [0.2, 0.25) is 5.02 Å². The van der Waals surface area contributed by atoms with Gasteiger partial charge in [-0.2, -0.15) is 9.78 Å². The van der Waals surface area contributed by atoms with Crippen LogP contribution in [0, 0.1) is 0 Å². The number of para-hydroxylation sites is 1. The third-order valence-electron chi connectivity index (χ3n) is 5.28. The van der Waals surface area contributed by atoms with Crippen LogP contribution in [-0.2, 0) is 14.6 Å². The minimum atomic E-state index is -3.39. The average molecular weight is 467 g/mol. The molecule has 168 valence electrons. The van der Waals surface area contributed by atoms with Crippen LogP contribution in [0.5, 0.6) is 0 Å². The fourth-order valence-corrected chi connectivity index (χ4v) is 5.11. The molecule has 1 aromatic heterocycles. The molecule has 10 heteroatoms. The number of anilines is 1. The topological polar surface area (TPSA) is 92.6 Å². The first-order valence-corrected chi connectivity index (χ1v) is 12.6. The van der Waals surface area contributed by atoms with Crippen LogP contribution in [-0.4, -0.2) is 66.7 Å². The van der Waals surface area contributed by atoms with E-state index in [9.17, 15) is 18.0 Å². The second-order valence-electron chi connectivity index (χ2n) is 7.56. The molecule has 1 aliphatic heterocycles. The van der Waals surface area contributed by atoms with Crippen LogP contribution in [0.1, 0.15) is 26.2 Å². The summed E-state index contributed by atoms with van der Waals surface area (Å²) in [6.07, 6.45) is 3.90. The predicted octanol–water partition coefficient (Wildman–Crippen LogP) is 2.14. The number of unbranched alkanes of at least 4 members (excludes halogenated alkanes) is 2. The third-order valence-corrected chi connectivity index (χ3v) is 7.23. The van der Waals surface area contributed by atoms with E-state index in [4.69, 9.17) is 11.6 Å². The lowest BCUT2D eigenvalue weighted by Gasteiger charge is -2.36. The maximum atomic E-state index is 12.7. The first-order chi connectivity index (χ1) is 14.8. The molecule has 3 rings (SSSR count). The number of nitrogens with zero attached hydrogens (tertiary/aromatic N) is 4. The van der Waals surface area contributed by atoms with E-state index in [1.165, 1.54) is 4.68 Å². The number of rotatable bonds is 8. The molecule has 2 aromatic rings. The molecule has 8 nitrogen and oxygen atoms in total. The molecule has 1 saturated heterocycles. The Morgan fingerprint density at radius 2 is 1.77 bits per heavy atom. The lowest BCUT2D eigenvalue weighted by molar-refractivity contribution is -0.128. The number of amides is 1. The molecular formula is C21H27ClN4O4S. The number of aromatic nitrogens is 2. The molecule has 0 radical (unpaired) electrons. The summed E-state index contributed by atoms with van der Waals surface area (Å²) in [6, 6.07) is 9.01.